The summed E-state index contributed by atoms with van der Waals surface area (Å²) in [7, 11) is 0. The van der Waals surface area contributed by atoms with Crippen molar-refractivity contribution >= 4 is 17.9 Å². The second-order valence-electron chi connectivity index (χ2n) is 13.6. The average molecular weight is 625 g/mol. The van der Waals surface area contributed by atoms with Crippen molar-refractivity contribution in [3.8, 4) is 0 Å². The van der Waals surface area contributed by atoms with Crippen LogP contribution >= 0.6 is 0 Å². The monoisotopic (exact) mass is 625 g/mol. The molecule has 260 valence electrons. The Balaban J connectivity index is 4.36. The minimum absolute atomic E-state index is 0.0686. The number of carbonyl (C=O) groups excluding carboxylic acids is 3. The molecule has 6 nitrogen and oxygen atoms in total. The first-order chi connectivity index (χ1) is 21.3. The first kappa shape index (κ1) is 42.4. The Morgan fingerprint density at radius 3 is 1.30 bits per heavy atom. The molecule has 0 bridgehead atoms. The van der Waals surface area contributed by atoms with Crippen LogP contribution in [-0.4, -0.2) is 37.2 Å². The highest BCUT2D eigenvalue weighted by molar-refractivity contribution is 5.71. The summed E-state index contributed by atoms with van der Waals surface area (Å²) in [6.07, 6.45) is 25.4. The van der Waals surface area contributed by atoms with Crippen molar-refractivity contribution in [2.75, 3.05) is 13.2 Å². The molecular weight excluding hydrogens is 552 g/mol. The van der Waals surface area contributed by atoms with Gasteiger partial charge in [-0.3, -0.25) is 14.4 Å². The lowest BCUT2D eigenvalue weighted by Gasteiger charge is -2.18. The van der Waals surface area contributed by atoms with Crippen LogP contribution in [0.3, 0.4) is 0 Å². The van der Waals surface area contributed by atoms with Crippen molar-refractivity contribution in [2.24, 2.45) is 11.8 Å². The van der Waals surface area contributed by atoms with Gasteiger partial charge in [0.1, 0.15) is 13.2 Å². The molecule has 0 N–H and O–H groups in total. The molecule has 0 fully saturated rings. The second-order valence-corrected chi connectivity index (χ2v) is 13.6. The van der Waals surface area contributed by atoms with Gasteiger partial charge in [-0.25, -0.2) is 0 Å². The molecule has 0 amide bonds. The predicted molar refractivity (Wildman–Crippen MR) is 183 cm³/mol. The van der Waals surface area contributed by atoms with Crippen LogP contribution in [0.4, 0.5) is 0 Å². The molecule has 2 atom stereocenters. The van der Waals surface area contributed by atoms with Gasteiger partial charge in [0.25, 0.3) is 0 Å². The Kier molecular flexibility index (Phi) is 30.3. The van der Waals surface area contributed by atoms with E-state index in [1.54, 1.807) is 0 Å². The maximum atomic E-state index is 12.5. The molecule has 0 spiro atoms. The molecule has 0 aliphatic heterocycles. The van der Waals surface area contributed by atoms with Gasteiger partial charge < -0.3 is 14.2 Å². The van der Waals surface area contributed by atoms with Crippen molar-refractivity contribution in [1.29, 1.82) is 0 Å². The van der Waals surface area contributed by atoms with Gasteiger partial charge in [0, 0.05) is 19.3 Å². The third kappa shape index (κ3) is 30.4. The molecule has 0 aromatic rings. The number of hydrogen-bond acceptors (Lipinski definition) is 6. The van der Waals surface area contributed by atoms with Crippen LogP contribution in [0.2, 0.25) is 0 Å². The molecule has 0 aromatic heterocycles. The van der Waals surface area contributed by atoms with E-state index < -0.39 is 6.10 Å². The Bertz CT molecular complexity index is 676. The van der Waals surface area contributed by atoms with Crippen LogP contribution in [-0.2, 0) is 28.6 Å². The summed E-state index contributed by atoms with van der Waals surface area (Å²) in [5, 5.41) is 0. The fraction of sp³-hybridized carbons (Fsp3) is 0.921. The number of esters is 3. The lowest BCUT2D eigenvalue weighted by Crippen LogP contribution is -2.30. The van der Waals surface area contributed by atoms with Gasteiger partial charge in [0.2, 0.25) is 0 Å². The van der Waals surface area contributed by atoms with Crippen molar-refractivity contribution in [3.63, 3.8) is 0 Å². The largest absolute Gasteiger partial charge is 0.462 e. The summed E-state index contributed by atoms with van der Waals surface area (Å²) in [6, 6.07) is 0. The highest BCUT2D eigenvalue weighted by Gasteiger charge is 2.19. The van der Waals surface area contributed by atoms with E-state index in [2.05, 4.69) is 34.6 Å². The zero-order valence-electron chi connectivity index (χ0n) is 29.8. The zero-order valence-corrected chi connectivity index (χ0v) is 29.8. The van der Waals surface area contributed by atoms with Crippen molar-refractivity contribution in [1.82, 2.24) is 0 Å². The maximum Gasteiger partial charge on any atom is 0.306 e. The number of unbranched alkanes of at least 4 members (excludes halogenated alkanes) is 16. The van der Waals surface area contributed by atoms with Gasteiger partial charge in [-0.05, 0) is 31.1 Å². The van der Waals surface area contributed by atoms with Gasteiger partial charge >= 0.3 is 17.9 Å². The van der Waals surface area contributed by atoms with E-state index in [1.807, 2.05) is 0 Å². The van der Waals surface area contributed by atoms with E-state index in [0.29, 0.717) is 19.3 Å². The van der Waals surface area contributed by atoms with E-state index >= 15 is 0 Å². The Hall–Kier alpha value is -1.59. The summed E-state index contributed by atoms with van der Waals surface area (Å²) in [5.41, 5.74) is 0. The van der Waals surface area contributed by atoms with Gasteiger partial charge in [0.05, 0.1) is 0 Å². The van der Waals surface area contributed by atoms with Crippen molar-refractivity contribution in [3.05, 3.63) is 0 Å². The molecule has 6 heteroatoms. The molecule has 0 rings (SSSR count). The molecule has 0 aromatic carbocycles. The molecule has 0 aliphatic rings. The smallest absolute Gasteiger partial charge is 0.306 e. The first-order valence-electron chi connectivity index (χ1n) is 18.8. The van der Waals surface area contributed by atoms with Gasteiger partial charge in [-0.2, -0.15) is 0 Å². The van der Waals surface area contributed by atoms with Crippen LogP contribution in [0.25, 0.3) is 0 Å². The summed E-state index contributed by atoms with van der Waals surface area (Å²) < 4.78 is 16.5. The predicted octanol–water partition coefficient (Wildman–Crippen LogP) is 11.1. The van der Waals surface area contributed by atoms with E-state index in [9.17, 15) is 14.4 Å². The average Bonchev–Trinajstić information content (AvgIpc) is 3.00. The Labute approximate surface area is 272 Å². The normalized spacial score (nSPS) is 12.7. The molecule has 1 unspecified atom stereocenters. The molecule has 0 radical (unpaired) electrons. The topological polar surface area (TPSA) is 78.9 Å². The molecule has 0 heterocycles. The van der Waals surface area contributed by atoms with E-state index in [0.717, 1.165) is 69.6 Å². The molecule has 44 heavy (non-hydrogen) atoms. The third-order valence-corrected chi connectivity index (χ3v) is 8.58. The maximum absolute atomic E-state index is 12.5. The zero-order chi connectivity index (χ0) is 32.7. The standard InChI is InChI=1S/C38H72O6/c1-6-8-9-10-11-20-25-30-38(41)44-35(31-42-36(39)28-23-18-14-12-16-21-26-33(3)4)32-43-37(40)29-24-19-15-13-17-22-27-34(5)7-2/h33-35H,6-32H2,1-5H3/t34?,35-/m1/s1. The third-order valence-electron chi connectivity index (χ3n) is 8.58. The Morgan fingerprint density at radius 1 is 0.477 bits per heavy atom. The molecule has 0 saturated heterocycles. The minimum Gasteiger partial charge on any atom is -0.462 e. The summed E-state index contributed by atoms with van der Waals surface area (Å²) in [5.74, 6) is 0.695. The quantitative estimate of drug-likeness (QED) is 0.0421. The van der Waals surface area contributed by atoms with Crippen LogP contribution in [0, 0.1) is 11.8 Å². The van der Waals surface area contributed by atoms with Crippen molar-refractivity contribution in [2.45, 2.75) is 201 Å². The number of rotatable bonds is 32. The van der Waals surface area contributed by atoms with E-state index in [-0.39, 0.29) is 31.1 Å². The van der Waals surface area contributed by atoms with Crippen LogP contribution in [0.1, 0.15) is 195 Å². The highest BCUT2D eigenvalue weighted by Crippen LogP contribution is 2.16. The first-order valence-corrected chi connectivity index (χ1v) is 18.8. The number of carbonyl (C=O) groups is 3. The summed E-state index contributed by atoms with van der Waals surface area (Å²) >= 11 is 0. The molecule has 0 saturated carbocycles. The fourth-order valence-corrected chi connectivity index (χ4v) is 5.31. The SMILES string of the molecule is CCCCCCCCCC(=O)O[C@H](COC(=O)CCCCCCCCC(C)C)COC(=O)CCCCCCCCC(C)CC. The van der Waals surface area contributed by atoms with Crippen molar-refractivity contribution < 1.29 is 28.6 Å². The minimum atomic E-state index is -0.758. The van der Waals surface area contributed by atoms with E-state index in [4.69, 9.17) is 14.2 Å². The highest BCUT2D eigenvalue weighted by atomic mass is 16.6. The second kappa shape index (κ2) is 31.4. The fourth-order valence-electron chi connectivity index (χ4n) is 5.31. The van der Waals surface area contributed by atoms with Gasteiger partial charge in [-0.15, -0.1) is 0 Å². The number of ether oxygens (including phenoxy) is 3. The molecular formula is C38H72O6. The van der Waals surface area contributed by atoms with Gasteiger partial charge in [0.15, 0.2) is 6.10 Å². The van der Waals surface area contributed by atoms with Crippen LogP contribution < -0.4 is 0 Å². The Morgan fingerprint density at radius 2 is 0.864 bits per heavy atom. The van der Waals surface area contributed by atoms with Crippen LogP contribution in [0.15, 0.2) is 0 Å². The van der Waals surface area contributed by atoms with Crippen LogP contribution in [0.5, 0.6) is 0 Å². The lowest BCUT2D eigenvalue weighted by molar-refractivity contribution is -0.167. The van der Waals surface area contributed by atoms with E-state index in [1.165, 1.54) is 83.5 Å². The summed E-state index contributed by atoms with van der Waals surface area (Å²) in [4.78, 5) is 37.2. The summed E-state index contributed by atoms with van der Waals surface area (Å²) in [6.45, 7) is 11.2. The number of hydrogen-bond donors (Lipinski definition) is 0. The lowest BCUT2D eigenvalue weighted by atomic mass is 10.00. The molecule has 0 aliphatic carbocycles. The van der Waals surface area contributed by atoms with Gasteiger partial charge in [-0.1, -0.05) is 157 Å².